The Labute approximate surface area is 168 Å². The molecule has 2 fully saturated rings. The molecule has 0 bridgehead atoms. The fourth-order valence-corrected chi connectivity index (χ4v) is 4.22. The number of hydrogen-bond acceptors (Lipinski definition) is 5. The summed E-state index contributed by atoms with van der Waals surface area (Å²) in [5.41, 5.74) is 1.05. The van der Waals surface area contributed by atoms with Crippen molar-refractivity contribution < 1.29 is 14.3 Å². The normalized spacial score (nSPS) is 23.7. The molecule has 0 saturated carbocycles. The highest BCUT2D eigenvalue weighted by Gasteiger charge is 2.37. The molecule has 0 radical (unpaired) electrons. The highest BCUT2D eigenvalue weighted by Crippen LogP contribution is 2.24. The first-order valence-corrected chi connectivity index (χ1v) is 10.2. The van der Waals surface area contributed by atoms with Gasteiger partial charge in [-0.15, -0.1) is 0 Å². The number of benzene rings is 1. The van der Waals surface area contributed by atoms with Crippen LogP contribution in [0.15, 0.2) is 24.3 Å². The van der Waals surface area contributed by atoms with Crippen LogP contribution in [0.1, 0.15) is 18.4 Å². The maximum atomic E-state index is 12.5. The molecule has 7 nitrogen and oxygen atoms in total. The van der Waals surface area contributed by atoms with E-state index < -0.39 is 0 Å². The van der Waals surface area contributed by atoms with Crippen LogP contribution in [-0.2, 0) is 11.3 Å². The molecule has 1 aromatic carbocycles. The first kappa shape index (κ1) is 20.9. The van der Waals surface area contributed by atoms with Crippen LogP contribution in [0.25, 0.3) is 0 Å². The Balaban J connectivity index is 1.52. The molecule has 0 unspecified atom stereocenters. The van der Waals surface area contributed by atoms with E-state index in [9.17, 15) is 4.79 Å². The van der Waals surface area contributed by atoms with E-state index in [-0.39, 0.29) is 12.1 Å². The number of likely N-dealkylation sites (tertiary alicyclic amines) is 1. The highest BCUT2D eigenvalue weighted by molar-refractivity contribution is 5.74. The number of amides is 2. The van der Waals surface area contributed by atoms with Crippen molar-refractivity contribution in [2.75, 3.05) is 54.1 Å². The van der Waals surface area contributed by atoms with Gasteiger partial charge in [0, 0.05) is 57.4 Å². The molecule has 0 aromatic heterocycles. The summed E-state index contributed by atoms with van der Waals surface area (Å²) in [5.74, 6) is 1.25. The lowest BCUT2D eigenvalue weighted by Gasteiger charge is -2.31. The Morgan fingerprint density at radius 2 is 1.93 bits per heavy atom. The number of nitrogens with zero attached hydrogens (tertiary/aromatic N) is 2. The molecular formula is C21H34N4O3. The summed E-state index contributed by atoms with van der Waals surface area (Å²) in [5, 5.41) is 6.21. The fraction of sp³-hybridized carbons (Fsp3) is 0.667. The predicted molar refractivity (Wildman–Crippen MR) is 110 cm³/mol. The van der Waals surface area contributed by atoms with E-state index in [4.69, 9.17) is 9.47 Å². The van der Waals surface area contributed by atoms with Crippen LogP contribution < -0.4 is 15.4 Å². The molecule has 7 heteroatoms. The molecule has 2 saturated heterocycles. The molecule has 156 valence electrons. The number of urea groups is 1. The van der Waals surface area contributed by atoms with E-state index in [1.165, 1.54) is 0 Å². The average Bonchev–Trinajstić information content (AvgIpc) is 3.09. The van der Waals surface area contributed by atoms with Crippen LogP contribution >= 0.6 is 0 Å². The average molecular weight is 391 g/mol. The molecular weight excluding hydrogens is 356 g/mol. The van der Waals surface area contributed by atoms with Crippen LogP contribution in [0.5, 0.6) is 5.75 Å². The van der Waals surface area contributed by atoms with Crippen molar-refractivity contribution in [2.24, 2.45) is 5.92 Å². The lowest BCUT2D eigenvalue weighted by atomic mass is 10.0. The van der Waals surface area contributed by atoms with Crippen LogP contribution in [0, 0.1) is 5.92 Å². The quantitative estimate of drug-likeness (QED) is 0.739. The molecule has 2 heterocycles. The van der Waals surface area contributed by atoms with E-state index in [0.29, 0.717) is 18.5 Å². The molecule has 2 atom stereocenters. The number of nitrogens with one attached hydrogen (secondary N) is 2. The summed E-state index contributed by atoms with van der Waals surface area (Å²) in [6.07, 6.45) is 2.18. The zero-order chi connectivity index (χ0) is 19.9. The van der Waals surface area contributed by atoms with Crippen molar-refractivity contribution in [3.8, 4) is 5.75 Å². The van der Waals surface area contributed by atoms with Crippen molar-refractivity contribution in [2.45, 2.75) is 31.5 Å². The second kappa shape index (κ2) is 10.1. The number of hydrogen-bond donors (Lipinski definition) is 2. The molecule has 0 aliphatic carbocycles. The molecule has 28 heavy (non-hydrogen) atoms. The molecule has 3 rings (SSSR count). The Morgan fingerprint density at radius 3 is 2.57 bits per heavy atom. The van der Waals surface area contributed by atoms with Crippen LogP contribution in [0.3, 0.4) is 0 Å². The van der Waals surface area contributed by atoms with Gasteiger partial charge in [0.25, 0.3) is 0 Å². The van der Waals surface area contributed by atoms with E-state index in [1.807, 2.05) is 24.3 Å². The zero-order valence-electron chi connectivity index (χ0n) is 17.3. The van der Waals surface area contributed by atoms with Gasteiger partial charge in [0.05, 0.1) is 7.11 Å². The van der Waals surface area contributed by atoms with Crippen molar-refractivity contribution in [1.82, 2.24) is 20.4 Å². The van der Waals surface area contributed by atoms with Gasteiger partial charge in [-0.2, -0.15) is 0 Å². The Hall–Kier alpha value is -1.83. The predicted octanol–water partition coefficient (Wildman–Crippen LogP) is 1.54. The molecule has 2 amide bonds. The fourth-order valence-electron chi connectivity index (χ4n) is 4.22. The van der Waals surface area contributed by atoms with Crippen molar-refractivity contribution in [3.63, 3.8) is 0 Å². The van der Waals surface area contributed by atoms with E-state index in [1.54, 1.807) is 7.11 Å². The van der Waals surface area contributed by atoms with Gasteiger partial charge in [-0.05, 0) is 44.6 Å². The highest BCUT2D eigenvalue weighted by atomic mass is 16.5. The maximum Gasteiger partial charge on any atom is 0.315 e. The third kappa shape index (κ3) is 5.83. The topological polar surface area (TPSA) is 66.1 Å². The van der Waals surface area contributed by atoms with Gasteiger partial charge in [0.2, 0.25) is 0 Å². The Bertz CT molecular complexity index is 617. The van der Waals surface area contributed by atoms with Gasteiger partial charge in [0.1, 0.15) is 5.75 Å². The van der Waals surface area contributed by atoms with E-state index in [2.05, 4.69) is 34.5 Å². The smallest absolute Gasteiger partial charge is 0.315 e. The summed E-state index contributed by atoms with van der Waals surface area (Å²) in [6, 6.07) is 8.40. The second-order valence-electron chi connectivity index (χ2n) is 8.10. The zero-order valence-corrected chi connectivity index (χ0v) is 17.3. The van der Waals surface area contributed by atoms with Crippen molar-refractivity contribution in [3.05, 3.63) is 29.8 Å². The minimum Gasteiger partial charge on any atom is -0.497 e. The Kier molecular flexibility index (Phi) is 7.53. The van der Waals surface area contributed by atoms with Gasteiger partial charge in [-0.3, -0.25) is 4.90 Å². The summed E-state index contributed by atoms with van der Waals surface area (Å²) in [6.45, 7) is 5.12. The van der Waals surface area contributed by atoms with E-state index >= 15 is 0 Å². The van der Waals surface area contributed by atoms with Crippen LogP contribution in [0.2, 0.25) is 0 Å². The molecule has 2 aliphatic heterocycles. The van der Waals surface area contributed by atoms with Gasteiger partial charge >= 0.3 is 6.03 Å². The van der Waals surface area contributed by atoms with Gasteiger partial charge in [-0.25, -0.2) is 4.79 Å². The maximum absolute atomic E-state index is 12.5. The SMILES string of the molecule is COc1ccc(CNC(=O)N[C@@H]2CN(C3CCOCC3)C[C@H]2CN(C)C)cc1. The number of ether oxygens (including phenoxy) is 2. The van der Waals surface area contributed by atoms with Crippen LogP contribution in [0.4, 0.5) is 4.79 Å². The monoisotopic (exact) mass is 390 g/mol. The summed E-state index contributed by atoms with van der Waals surface area (Å²) in [4.78, 5) is 17.3. The van der Waals surface area contributed by atoms with E-state index in [0.717, 1.165) is 57.0 Å². The van der Waals surface area contributed by atoms with Gasteiger partial charge < -0.3 is 25.0 Å². The number of carbonyl (C=O) groups is 1. The first-order chi connectivity index (χ1) is 13.5. The Morgan fingerprint density at radius 1 is 1.21 bits per heavy atom. The third-order valence-electron chi connectivity index (χ3n) is 5.70. The first-order valence-electron chi connectivity index (χ1n) is 10.2. The number of carbonyl (C=O) groups excluding carboxylic acids is 1. The van der Waals surface area contributed by atoms with Gasteiger partial charge in [-0.1, -0.05) is 12.1 Å². The molecule has 2 N–H and O–H groups in total. The van der Waals surface area contributed by atoms with Crippen molar-refractivity contribution in [1.29, 1.82) is 0 Å². The molecule has 1 aromatic rings. The second-order valence-corrected chi connectivity index (χ2v) is 8.10. The molecule has 2 aliphatic rings. The summed E-state index contributed by atoms with van der Waals surface area (Å²) in [7, 11) is 5.84. The summed E-state index contributed by atoms with van der Waals surface area (Å²) >= 11 is 0. The lowest BCUT2D eigenvalue weighted by molar-refractivity contribution is 0.0404. The standard InChI is InChI=1S/C21H34N4O3/c1-24(2)13-17-14-25(18-8-10-28-11-9-18)15-20(17)23-21(26)22-12-16-4-6-19(27-3)7-5-16/h4-7,17-18,20H,8-15H2,1-3H3,(H2,22,23,26)/t17-,20-/m1/s1. The number of rotatable bonds is 7. The van der Waals surface area contributed by atoms with Crippen LogP contribution in [-0.4, -0.2) is 82.0 Å². The largest absolute Gasteiger partial charge is 0.497 e. The third-order valence-corrected chi connectivity index (χ3v) is 5.70. The minimum atomic E-state index is -0.0987. The van der Waals surface area contributed by atoms with Crippen molar-refractivity contribution >= 4 is 6.03 Å². The molecule has 0 spiro atoms. The lowest BCUT2D eigenvalue weighted by Crippen LogP contribution is -2.47. The summed E-state index contributed by atoms with van der Waals surface area (Å²) < 4.78 is 10.7. The number of methoxy groups -OCH3 is 1. The van der Waals surface area contributed by atoms with Gasteiger partial charge in [0.15, 0.2) is 0 Å². The minimum absolute atomic E-state index is 0.0987.